The van der Waals surface area contributed by atoms with Gasteiger partial charge in [0.15, 0.2) is 5.82 Å². The van der Waals surface area contributed by atoms with Gasteiger partial charge in [-0.2, -0.15) is 0 Å². The molecule has 4 rings (SSSR count). The number of imidazole rings is 1. The number of carbonyl (C=O) groups is 1. The molecule has 1 aliphatic carbocycles. The highest BCUT2D eigenvalue weighted by molar-refractivity contribution is 6.36. The second-order valence-corrected chi connectivity index (χ2v) is 10.3. The Morgan fingerprint density at radius 2 is 1.65 bits per heavy atom. The minimum Gasteiger partial charge on any atom is -0.333 e. The zero-order valence-electron chi connectivity index (χ0n) is 19.5. The van der Waals surface area contributed by atoms with Crippen LogP contribution in [0.1, 0.15) is 42.7 Å². The number of hydrogen-bond acceptors (Lipinski definition) is 3. The zero-order valence-corrected chi connectivity index (χ0v) is 21.7. The number of likely N-dealkylation sites (N-methyl/N-ethyl adjacent to an activating group) is 1. The highest BCUT2D eigenvalue weighted by Crippen LogP contribution is 2.36. The van der Waals surface area contributed by atoms with Crippen molar-refractivity contribution in [1.82, 2.24) is 19.8 Å². The first-order valence-corrected chi connectivity index (χ1v) is 12.7. The standard InChI is InChI=1S/C26H29Cl3N4O/c1-32(2)14-15-33(20-6-4-3-5-7-20)26(34)25-30-23(17-8-10-18(27)11-9-17)24(31-25)21-13-12-19(28)16-22(21)29/h8-13,16,20H,3-7,14-15H2,1-2H3,(H,30,31). The molecular formula is C26H29Cl3N4O. The summed E-state index contributed by atoms with van der Waals surface area (Å²) in [6.07, 6.45) is 5.58. The molecule has 0 radical (unpaired) electrons. The summed E-state index contributed by atoms with van der Waals surface area (Å²) in [6.45, 7) is 1.45. The molecule has 0 atom stereocenters. The third-order valence-electron chi connectivity index (χ3n) is 6.29. The Morgan fingerprint density at radius 1 is 0.971 bits per heavy atom. The first-order valence-electron chi connectivity index (χ1n) is 11.6. The Bertz CT molecular complexity index is 1140. The Labute approximate surface area is 216 Å². The van der Waals surface area contributed by atoms with Gasteiger partial charge in [0.05, 0.1) is 16.4 Å². The van der Waals surface area contributed by atoms with Gasteiger partial charge >= 0.3 is 0 Å². The average Bonchev–Trinajstić information content (AvgIpc) is 3.25. The van der Waals surface area contributed by atoms with E-state index in [0.29, 0.717) is 38.8 Å². The van der Waals surface area contributed by atoms with Gasteiger partial charge in [-0.05, 0) is 57.3 Å². The number of benzene rings is 2. The minimum absolute atomic E-state index is 0.0831. The molecule has 180 valence electrons. The first-order chi connectivity index (χ1) is 16.3. The summed E-state index contributed by atoms with van der Waals surface area (Å²) in [4.78, 5) is 26.0. The average molecular weight is 520 g/mol. The lowest BCUT2D eigenvalue weighted by atomic mass is 9.94. The van der Waals surface area contributed by atoms with Crippen LogP contribution in [0.4, 0.5) is 0 Å². The van der Waals surface area contributed by atoms with Gasteiger partial charge in [-0.3, -0.25) is 4.79 Å². The van der Waals surface area contributed by atoms with E-state index in [1.54, 1.807) is 12.1 Å². The molecule has 5 nitrogen and oxygen atoms in total. The Balaban J connectivity index is 1.77. The van der Waals surface area contributed by atoms with Crippen LogP contribution in [0.25, 0.3) is 22.5 Å². The van der Waals surface area contributed by atoms with Gasteiger partial charge in [0.1, 0.15) is 0 Å². The molecule has 1 heterocycles. The van der Waals surface area contributed by atoms with Crippen LogP contribution in [0.5, 0.6) is 0 Å². The summed E-state index contributed by atoms with van der Waals surface area (Å²) in [5.41, 5.74) is 2.92. The zero-order chi connectivity index (χ0) is 24.2. The van der Waals surface area contributed by atoms with Crippen LogP contribution in [0.3, 0.4) is 0 Å². The highest BCUT2D eigenvalue weighted by atomic mass is 35.5. The van der Waals surface area contributed by atoms with Gasteiger partial charge in [-0.15, -0.1) is 0 Å². The van der Waals surface area contributed by atoms with Gasteiger partial charge in [0, 0.05) is 40.3 Å². The van der Waals surface area contributed by atoms with Crippen molar-refractivity contribution in [2.75, 3.05) is 27.2 Å². The Hall–Kier alpha value is -2.05. The summed E-state index contributed by atoms with van der Waals surface area (Å²) in [7, 11) is 4.05. The molecule has 2 aromatic carbocycles. The van der Waals surface area contributed by atoms with E-state index in [2.05, 4.69) is 9.88 Å². The van der Waals surface area contributed by atoms with E-state index < -0.39 is 0 Å². The second kappa shape index (κ2) is 11.1. The number of nitrogens with zero attached hydrogens (tertiary/aromatic N) is 3. The number of aromatic amines is 1. The Kier molecular flexibility index (Phi) is 8.20. The van der Waals surface area contributed by atoms with Crippen molar-refractivity contribution >= 4 is 40.7 Å². The minimum atomic E-state index is -0.0831. The van der Waals surface area contributed by atoms with E-state index in [0.717, 1.165) is 43.4 Å². The number of halogens is 3. The molecule has 1 fully saturated rings. The summed E-state index contributed by atoms with van der Waals surface area (Å²) in [5, 5.41) is 1.67. The van der Waals surface area contributed by atoms with E-state index >= 15 is 0 Å². The van der Waals surface area contributed by atoms with Crippen molar-refractivity contribution < 1.29 is 4.79 Å². The summed E-state index contributed by atoms with van der Waals surface area (Å²) >= 11 is 18.8. The molecular weight excluding hydrogens is 491 g/mol. The maximum absolute atomic E-state index is 13.8. The van der Waals surface area contributed by atoms with Gasteiger partial charge in [-0.25, -0.2) is 4.98 Å². The molecule has 0 aliphatic heterocycles. The number of nitrogens with one attached hydrogen (secondary N) is 1. The van der Waals surface area contributed by atoms with Gasteiger partial charge in [-0.1, -0.05) is 66.2 Å². The van der Waals surface area contributed by atoms with Crippen molar-refractivity contribution in [2.24, 2.45) is 0 Å². The first kappa shape index (κ1) is 25.1. The lowest BCUT2D eigenvalue weighted by Gasteiger charge is -2.34. The smallest absolute Gasteiger partial charge is 0.289 e. The molecule has 0 bridgehead atoms. The third-order valence-corrected chi connectivity index (χ3v) is 7.09. The van der Waals surface area contributed by atoms with Crippen molar-refractivity contribution in [3.05, 3.63) is 63.4 Å². The van der Waals surface area contributed by atoms with Crippen LogP contribution >= 0.6 is 34.8 Å². The molecule has 34 heavy (non-hydrogen) atoms. The predicted molar refractivity (Wildman–Crippen MR) is 141 cm³/mol. The third kappa shape index (κ3) is 5.77. The summed E-state index contributed by atoms with van der Waals surface area (Å²) in [5.74, 6) is 0.232. The number of amides is 1. The van der Waals surface area contributed by atoms with Crippen LogP contribution in [-0.2, 0) is 0 Å². The fraction of sp³-hybridized carbons (Fsp3) is 0.385. The van der Waals surface area contributed by atoms with E-state index in [1.165, 1.54) is 6.42 Å². The van der Waals surface area contributed by atoms with E-state index in [1.807, 2.05) is 49.3 Å². The molecule has 0 spiro atoms. The number of rotatable bonds is 7. The lowest BCUT2D eigenvalue weighted by molar-refractivity contribution is 0.0607. The molecule has 8 heteroatoms. The SMILES string of the molecule is CN(C)CCN(C(=O)c1nc(-c2ccc(Cl)cc2)c(-c2ccc(Cl)cc2Cl)[nH]1)C1CCCCC1. The molecule has 0 saturated heterocycles. The van der Waals surface area contributed by atoms with E-state index in [9.17, 15) is 4.79 Å². The number of hydrogen-bond donors (Lipinski definition) is 1. The normalized spacial score (nSPS) is 14.5. The highest BCUT2D eigenvalue weighted by Gasteiger charge is 2.29. The van der Waals surface area contributed by atoms with Crippen LogP contribution < -0.4 is 0 Å². The van der Waals surface area contributed by atoms with Crippen LogP contribution in [0.15, 0.2) is 42.5 Å². The van der Waals surface area contributed by atoms with Gasteiger partial charge in [0.25, 0.3) is 5.91 Å². The maximum atomic E-state index is 13.8. The van der Waals surface area contributed by atoms with E-state index in [4.69, 9.17) is 39.8 Å². The number of carbonyl (C=O) groups excluding carboxylic acids is 1. The van der Waals surface area contributed by atoms with Crippen molar-refractivity contribution in [3.8, 4) is 22.5 Å². The fourth-order valence-electron chi connectivity index (χ4n) is 4.46. The van der Waals surface area contributed by atoms with Gasteiger partial charge in [0.2, 0.25) is 0 Å². The second-order valence-electron chi connectivity index (χ2n) is 9.03. The van der Waals surface area contributed by atoms with Crippen LogP contribution in [0, 0.1) is 0 Å². The van der Waals surface area contributed by atoms with E-state index in [-0.39, 0.29) is 11.9 Å². The predicted octanol–water partition coefficient (Wildman–Crippen LogP) is 7.04. The number of H-pyrrole nitrogens is 1. The molecule has 1 aromatic heterocycles. The molecule has 1 aliphatic rings. The van der Waals surface area contributed by atoms with Crippen molar-refractivity contribution in [2.45, 2.75) is 38.1 Å². The maximum Gasteiger partial charge on any atom is 0.289 e. The number of aromatic nitrogens is 2. The Morgan fingerprint density at radius 3 is 2.29 bits per heavy atom. The quantitative estimate of drug-likeness (QED) is 0.364. The van der Waals surface area contributed by atoms with Crippen LogP contribution in [0.2, 0.25) is 15.1 Å². The topological polar surface area (TPSA) is 52.2 Å². The monoisotopic (exact) mass is 518 g/mol. The molecule has 0 unspecified atom stereocenters. The molecule has 1 amide bonds. The summed E-state index contributed by atoms with van der Waals surface area (Å²) in [6, 6.07) is 13.0. The molecule has 1 saturated carbocycles. The van der Waals surface area contributed by atoms with Gasteiger partial charge < -0.3 is 14.8 Å². The van der Waals surface area contributed by atoms with Crippen LogP contribution in [-0.4, -0.2) is 58.9 Å². The molecule has 3 aromatic rings. The largest absolute Gasteiger partial charge is 0.333 e. The lowest BCUT2D eigenvalue weighted by Crippen LogP contribution is -2.45. The molecule has 1 N–H and O–H groups in total. The fourth-order valence-corrected chi connectivity index (χ4v) is 5.09. The summed E-state index contributed by atoms with van der Waals surface area (Å²) < 4.78 is 0. The van der Waals surface area contributed by atoms with Crippen molar-refractivity contribution in [1.29, 1.82) is 0 Å². The van der Waals surface area contributed by atoms with Crippen molar-refractivity contribution in [3.63, 3.8) is 0 Å².